The van der Waals surface area contributed by atoms with Crippen molar-refractivity contribution in [2.24, 2.45) is 5.73 Å². The molecule has 0 radical (unpaired) electrons. The largest absolute Gasteiger partial charge is 0.508 e. The molecule has 1 heterocycles. The second-order valence-corrected chi connectivity index (χ2v) is 5.88. The van der Waals surface area contributed by atoms with Crippen LogP contribution in [0.4, 0.5) is 0 Å². The molecule has 1 saturated heterocycles. The Hall–Kier alpha value is -1.06. The lowest BCUT2D eigenvalue weighted by molar-refractivity contribution is 0.0999. The Labute approximate surface area is 116 Å². The molecule has 3 nitrogen and oxygen atoms in total. The van der Waals surface area contributed by atoms with E-state index in [2.05, 4.69) is 18.7 Å². The monoisotopic (exact) mass is 262 g/mol. The minimum Gasteiger partial charge on any atom is -0.508 e. The first-order valence-electron chi connectivity index (χ1n) is 7.35. The van der Waals surface area contributed by atoms with Crippen molar-refractivity contribution in [3.63, 3.8) is 0 Å². The average Bonchev–Trinajstić information content (AvgIpc) is 2.95. The molecule has 1 aromatic carbocycles. The Morgan fingerprint density at radius 3 is 2.37 bits per heavy atom. The zero-order chi connectivity index (χ0) is 13.9. The molecule has 1 aliphatic rings. The zero-order valence-electron chi connectivity index (χ0n) is 12.1. The van der Waals surface area contributed by atoms with Crippen molar-refractivity contribution in [3.8, 4) is 5.75 Å². The number of phenolic OH excluding ortho intramolecular Hbond substituents is 1. The summed E-state index contributed by atoms with van der Waals surface area (Å²) in [5.74, 6) is 0.315. The molecule has 0 bridgehead atoms. The van der Waals surface area contributed by atoms with Crippen LogP contribution in [0, 0.1) is 0 Å². The molecular formula is C16H26N2O. The first-order valence-corrected chi connectivity index (χ1v) is 7.35. The number of hydrogen-bond acceptors (Lipinski definition) is 3. The lowest BCUT2D eigenvalue weighted by Gasteiger charge is -2.43. The molecule has 2 unspecified atom stereocenters. The molecule has 19 heavy (non-hydrogen) atoms. The first-order chi connectivity index (χ1) is 9.06. The Kier molecular flexibility index (Phi) is 4.48. The molecule has 2 atom stereocenters. The lowest BCUT2D eigenvalue weighted by atomic mass is 9.84. The van der Waals surface area contributed by atoms with Crippen molar-refractivity contribution in [3.05, 3.63) is 29.8 Å². The van der Waals surface area contributed by atoms with Crippen LogP contribution in [-0.4, -0.2) is 34.7 Å². The number of phenols is 1. The fourth-order valence-electron chi connectivity index (χ4n) is 3.05. The third-order valence-electron chi connectivity index (χ3n) is 4.74. The van der Waals surface area contributed by atoms with Crippen molar-refractivity contribution in [2.75, 3.05) is 13.1 Å². The van der Waals surface area contributed by atoms with E-state index in [1.54, 1.807) is 12.1 Å². The van der Waals surface area contributed by atoms with Crippen molar-refractivity contribution < 1.29 is 5.11 Å². The number of benzene rings is 1. The molecule has 0 aliphatic carbocycles. The molecule has 0 saturated carbocycles. The van der Waals surface area contributed by atoms with E-state index < -0.39 is 0 Å². The van der Waals surface area contributed by atoms with Gasteiger partial charge in [-0.25, -0.2) is 0 Å². The minimum absolute atomic E-state index is 0.0778. The quantitative estimate of drug-likeness (QED) is 0.857. The number of nitrogens with two attached hydrogens (primary N) is 1. The van der Waals surface area contributed by atoms with Gasteiger partial charge in [0.1, 0.15) is 5.75 Å². The fraction of sp³-hybridized carbons (Fsp3) is 0.625. The molecule has 0 spiro atoms. The van der Waals surface area contributed by atoms with Crippen LogP contribution in [0.3, 0.4) is 0 Å². The predicted molar refractivity (Wildman–Crippen MR) is 79.3 cm³/mol. The molecule has 1 aromatic rings. The molecule has 1 fully saturated rings. The highest BCUT2D eigenvalue weighted by atomic mass is 16.3. The number of rotatable bonds is 5. The predicted octanol–water partition coefficient (Wildman–Crippen LogP) is 2.53. The Morgan fingerprint density at radius 1 is 1.26 bits per heavy atom. The maximum absolute atomic E-state index is 9.33. The van der Waals surface area contributed by atoms with Gasteiger partial charge in [0.2, 0.25) is 0 Å². The summed E-state index contributed by atoms with van der Waals surface area (Å²) in [6.07, 6.45) is 4.52. The Bertz CT molecular complexity index is 398. The number of aromatic hydroxyl groups is 1. The van der Waals surface area contributed by atoms with E-state index in [9.17, 15) is 5.11 Å². The van der Waals surface area contributed by atoms with Crippen LogP contribution in [0.1, 0.15) is 38.7 Å². The van der Waals surface area contributed by atoms with Gasteiger partial charge in [0.05, 0.1) is 0 Å². The van der Waals surface area contributed by atoms with Crippen molar-refractivity contribution in [1.82, 2.24) is 4.90 Å². The molecule has 0 amide bonds. The summed E-state index contributed by atoms with van der Waals surface area (Å²) in [7, 11) is 0. The van der Waals surface area contributed by atoms with Gasteiger partial charge in [-0.05, 0) is 63.4 Å². The van der Waals surface area contributed by atoms with Crippen LogP contribution in [0.25, 0.3) is 0 Å². The SMILES string of the molecule is CCC(C)(C(N)Cc1ccc(O)cc1)N1CCCC1. The molecule has 3 heteroatoms. The Balaban J connectivity index is 2.07. The van der Waals surface area contributed by atoms with E-state index in [4.69, 9.17) is 5.73 Å². The topological polar surface area (TPSA) is 49.5 Å². The van der Waals surface area contributed by atoms with Gasteiger partial charge >= 0.3 is 0 Å². The van der Waals surface area contributed by atoms with Crippen molar-refractivity contribution in [1.29, 1.82) is 0 Å². The van der Waals surface area contributed by atoms with E-state index in [1.807, 2.05) is 12.1 Å². The summed E-state index contributed by atoms with van der Waals surface area (Å²) in [6, 6.07) is 7.53. The summed E-state index contributed by atoms with van der Waals surface area (Å²) in [5.41, 5.74) is 7.78. The van der Waals surface area contributed by atoms with Gasteiger partial charge < -0.3 is 10.8 Å². The highest BCUT2D eigenvalue weighted by Crippen LogP contribution is 2.28. The van der Waals surface area contributed by atoms with Crippen LogP contribution in [0.15, 0.2) is 24.3 Å². The second-order valence-electron chi connectivity index (χ2n) is 5.88. The van der Waals surface area contributed by atoms with Gasteiger partial charge in [-0.3, -0.25) is 4.90 Å². The first kappa shape index (κ1) is 14.4. The third-order valence-corrected chi connectivity index (χ3v) is 4.74. The summed E-state index contributed by atoms with van der Waals surface area (Å²) in [4.78, 5) is 2.55. The van der Waals surface area contributed by atoms with Crippen molar-refractivity contribution in [2.45, 2.75) is 51.1 Å². The molecular weight excluding hydrogens is 236 g/mol. The van der Waals surface area contributed by atoms with E-state index in [0.717, 1.165) is 12.8 Å². The smallest absolute Gasteiger partial charge is 0.115 e. The van der Waals surface area contributed by atoms with Gasteiger partial charge in [0.25, 0.3) is 0 Å². The number of hydrogen-bond donors (Lipinski definition) is 2. The molecule has 106 valence electrons. The second kappa shape index (κ2) is 5.93. The minimum atomic E-state index is 0.0778. The van der Waals surface area contributed by atoms with E-state index in [-0.39, 0.29) is 11.6 Å². The van der Waals surface area contributed by atoms with Gasteiger partial charge in [0, 0.05) is 11.6 Å². The fourth-order valence-corrected chi connectivity index (χ4v) is 3.05. The average molecular weight is 262 g/mol. The van der Waals surface area contributed by atoms with Crippen LogP contribution in [0.5, 0.6) is 5.75 Å². The normalized spacial score (nSPS) is 21.2. The van der Waals surface area contributed by atoms with Crippen molar-refractivity contribution >= 4 is 0 Å². The zero-order valence-corrected chi connectivity index (χ0v) is 12.1. The van der Waals surface area contributed by atoms with Crippen LogP contribution >= 0.6 is 0 Å². The molecule has 2 rings (SSSR count). The van der Waals surface area contributed by atoms with Gasteiger partial charge in [0.15, 0.2) is 0 Å². The van der Waals surface area contributed by atoms with E-state index in [0.29, 0.717) is 5.75 Å². The summed E-state index contributed by atoms with van der Waals surface area (Å²) in [5, 5.41) is 9.33. The summed E-state index contributed by atoms with van der Waals surface area (Å²) < 4.78 is 0. The highest BCUT2D eigenvalue weighted by molar-refractivity contribution is 5.27. The molecule has 1 aliphatic heterocycles. The maximum atomic E-state index is 9.33. The van der Waals surface area contributed by atoms with Crippen LogP contribution < -0.4 is 5.73 Å². The van der Waals surface area contributed by atoms with E-state index in [1.165, 1.54) is 31.5 Å². The molecule has 3 N–H and O–H groups in total. The van der Waals surface area contributed by atoms with Crippen LogP contribution in [-0.2, 0) is 6.42 Å². The maximum Gasteiger partial charge on any atom is 0.115 e. The van der Waals surface area contributed by atoms with Crippen LogP contribution in [0.2, 0.25) is 0 Å². The standard InChI is InChI=1S/C16H26N2O/c1-3-16(2,18-10-4-5-11-18)15(17)12-13-6-8-14(19)9-7-13/h6-9,15,19H,3-5,10-12,17H2,1-2H3. The number of likely N-dealkylation sites (tertiary alicyclic amines) is 1. The van der Waals surface area contributed by atoms with Gasteiger partial charge in [-0.2, -0.15) is 0 Å². The van der Waals surface area contributed by atoms with E-state index >= 15 is 0 Å². The Morgan fingerprint density at radius 2 is 1.84 bits per heavy atom. The summed E-state index contributed by atoms with van der Waals surface area (Å²) >= 11 is 0. The van der Waals surface area contributed by atoms with Gasteiger partial charge in [-0.1, -0.05) is 19.1 Å². The lowest BCUT2D eigenvalue weighted by Crippen LogP contribution is -2.57. The van der Waals surface area contributed by atoms with Gasteiger partial charge in [-0.15, -0.1) is 0 Å². The number of nitrogens with zero attached hydrogens (tertiary/aromatic N) is 1. The molecule has 0 aromatic heterocycles. The summed E-state index contributed by atoms with van der Waals surface area (Å²) in [6.45, 7) is 6.87. The highest BCUT2D eigenvalue weighted by Gasteiger charge is 2.37. The third kappa shape index (κ3) is 3.10.